The molecule has 17 heavy (non-hydrogen) atoms. The molecular formula is C12H17F3N2. The number of nitrogens with zero attached hydrogens (tertiary/aromatic N) is 1. The molecule has 0 heterocycles. The zero-order valence-corrected chi connectivity index (χ0v) is 10.0. The molecular weight excluding hydrogens is 229 g/mol. The third-order valence-electron chi connectivity index (χ3n) is 2.54. The molecule has 0 aliphatic carbocycles. The van der Waals surface area contributed by atoms with Gasteiger partial charge in [0.25, 0.3) is 0 Å². The monoisotopic (exact) mass is 246 g/mol. The second kappa shape index (κ2) is 5.91. The minimum absolute atomic E-state index is 0.233. The largest absolute Gasteiger partial charge is 0.418 e. The summed E-state index contributed by atoms with van der Waals surface area (Å²) in [4.78, 5) is 1.64. The molecule has 2 nitrogen and oxygen atoms in total. The molecule has 0 fully saturated rings. The van der Waals surface area contributed by atoms with Crippen LogP contribution in [0.3, 0.4) is 0 Å². The highest BCUT2D eigenvalue weighted by Gasteiger charge is 2.33. The first-order valence-corrected chi connectivity index (χ1v) is 5.48. The van der Waals surface area contributed by atoms with Crippen LogP contribution >= 0.6 is 0 Å². The predicted molar refractivity (Wildman–Crippen MR) is 63.3 cm³/mol. The molecule has 0 bridgehead atoms. The van der Waals surface area contributed by atoms with Crippen LogP contribution in [0.4, 0.5) is 18.9 Å². The minimum Gasteiger partial charge on any atom is -0.374 e. The standard InChI is InChI=1S/C12H17F3N2/c1-16-8-5-9-17(2)11-7-4-3-6-10(11)12(13,14)15/h3-4,6-7,16H,5,8-9H2,1-2H3. The van der Waals surface area contributed by atoms with E-state index in [0.29, 0.717) is 6.54 Å². The fourth-order valence-corrected chi connectivity index (χ4v) is 1.66. The molecule has 0 aromatic heterocycles. The van der Waals surface area contributed by atoms with E-state index in [0.717, 1.165) is 19.0 Å². The molecule has 0 radical (unpaired) electrons. The van der Waals surface area contributed by atoms with Gasteiger partial charge in [-0.25, -0.2) is 0 Å². The average Bonchev–Trinajstić information content (AvgIpc) is 2.28. The lowest BCUT2D eigenvalue weighted by Gasteiger charge is -2.23. The van der Waals surface area contributed by atoms with E-state index in [1.165, 1.54) is 12.1 Å². The summed E-state index contributed by atoms with van der Waals surface area (Å²) in [6, 6.07) is 5.65. The van der Waals surface area contributed by atoms with Gasteiger partial charge in [0.15, 0.2) is 0 Å². The Morgan fingerprint density at radius 3 is 2.47 bits per heavy atom. The van der Waals surface area contributed by atoms with E-state index >= 15 is 0 Å². The zero-order chi connectivity index (χ0) is 12.9. The van der Waals surface area contributed by atoms with Crippen molar-refractivity contribution in [2.75, 3.05) is 32.1 Å². The lowest BCUT2D eigenvalue weighted by molar-refractivity contribution is -0.137. The first-order chi connectivity index (χ1) is 7.96. The molecule has 1 rings (SSSR count). The molecule has 0 saturated heterocycles. The fraction of sp³-hybridized carbons (Fsp3) is 0.500. The summed E-state index contributed by atoms with van der Waals surface area (Å²) in [7, 11) is 3.50. The highest BCUT2D eigenvalue weighted by Crippen LogP contribution is 2.35. The highest BCUT2D eigenvalue weighted by atomic mass is 19.4. The van der Waals surface area contributed by atoms with E-state index in [1.54, 1.807) is 18.0 Å². The van der Waals surface area contributed by atoms with Crippen LogP contribution in [-0.2, 0) is 6.18 Å². The average molecular weight is 246 g/mol. The van der Waals surface area contributed by atoms with Gasteiger partial charge in [0.1, 0.15) is 0 Å². The number of benzene rings is 1. The summed E-state index contributed by atoms with van der Waals surface area (Å²) in [6.45, 7) is 1.38. The van der Waals surface area contributed by atoms with Crippen molar-refractivity contribution in [3.05, 3.63) is 29.8 Å². The maximum atomic E-state index is 12.8. The quantitative estimate of drug-likeness (QED) is 0.804. The maximum Gasteiger partial charge on any atom is 0.418 e. The van der Waals surface area contributed by atoms with Crippen LogP contribution in [0.25, 0.3) is 0 Å². The van der Waals surface area contributed by atoms with Crippen LogP contribution in [0.5, 0.6) is 0 Å². The molecule has 0 aliphatic rings. The lowest BCUT2D eigenvalue weighted by Crippen LogP contribution is -2.24. The maximum absolute atomic E-state index is 12.8. The SMILES string of the molecule is CNCCCN(C)c1ccccc1C(F)(F)F. The Hall–Kier alpha value is -1.23. The molecule has 0 amide bonds. The molecule has 1 aromatic rings. The Labute approximate surface area is 99.4 Å². The molecule has 0 unspecified atom stereocenters. The van der Waals surface area contributed by atoms with Gasteiger partial charge in [-0.15, -0.1) is 0 Å². The number of anilines is 1. The van der Waals surface area contributed by atoms with Gasteiger partial charge in [0.05, 0.1) is 5.56 Å². The van der Waals surface area contributed by atoms with Crippen molar-refractivity contribution in [1.29, 1.82) is 0 Å². The number of alkyl halides is 3. The summed E-state index contributed by atoms with van der Waals surface area (Å²) < 4.78 is 38.3. The first kappa shape index (κ1) is 13.8. The number of nitrogens with one attached hydrogen (secondary N) is 1. The Morgan fingerprint density at radius 2 is 1.88 bits per heavy atom. The first-order valence-electron chi connectivity index (χ1n) is 5.48. The molecule has 96 valence electrons. The summed E-state index contributed by atoms with van der Waals surface area (Å²) in [5.41, 5.74) is -0.344. The van der Waals surface area contributed by atoms with E-state index < -0.39 is 11.7 Å². The lowest BCUT2D eigenvalue weighted by atomic mass is 10.1. The smallest absolute Gasteiger partial charge is 0.374 e. The van der Waals surface area contributed by atoms with Crippen molar-refractivity contribution < 1.29 is 13.2 Å². The molecule has 5 heteroatoms. The number of rotatable bonds is 5. The summed E-state index contributed by atoms with van der Waals surface area (Å²) in [6.07, 6.45) is -3.49. The molecule has 0 saturated carbocycles. The van der Waals surface area contributed by atoms with Crippen LogP contribution < -0.4 is 10.2 Å². The third kappa shape index (κ3) is 3.93. The summed E-state index contributed by atoms with van der Waals surface area (Å²) >= 11 is 0. The van der Waals surface area contributed by atoms with Crippen LogP contribution in [0.2, 0.25) is 0 Å². The molecule has 0 atom stereocenters. The fourth-order valence-electron chi connectivity index (χ4n) is 1.66. The van der Waals surface area contributed by atoms with Crippen molar-refractivity contribution in [3.63, 3.8) is 0 Å². The van der Waals surface area contributed by atoms with Crippen LogP contribution in [0.15, 0.2) is 24.3 Å². The van der Waals surface area contributed by atoms with Gasteiger partial charge in [0.2, 0.25) is 0 Å². The summed E-state index contributed by atoms with van der Waals surface area (Å²) in [5, 5.41) is 2.97. The number of hydrogen-bond acceptors (Lipinski definition) is 2. The van der Waals surface area contributed by atoms with Gasteiger partial charge in [-0.3, -0.25) is 0 Å². The number of para-hydroxylation sites is 1. The van der Waals surface area contributed by atoms with Gasteiger partial charge in [-0.1, -0.05) is 12.1 Å². The molecule has 0 aliphatic heterocycles. The van der Waals surface area contributed by atoms with E-state index in [9.17, 15) is 13.2 Å². The van der Waals surface area contributed by atoms with Crippen LogP contribution in [-0.4, -0.2) is 27.2 Å². The van der Waals surface area contributed by atoms with Crippen molar-refractivity contribution in [2.24, 2.45) is 0 Å². The number of halogens is 3. The molecule has 0 spiro atoms. The van der Waals surface area contributed by atoms with Crippen LogP contribution in [0, 0.1) is 0 Å². The van der Waals surface area contributed by atoms with E-state index in [1.807, 2.05) is 7.05 Å². The Morgan fingerprint density at radius 1 is 1.24 bits per heavy atom. The Balaban J connectivity index is 2.82. The van der Waals surface area contributed by atoms with Crippen molar-refractivity contribution >= 4 is 5.69 Å². The normalized spacial score (nSPS) is 11.6. The van der Waals surface area contributed by atoms with Gasteiger partial charge in [-0.05, 0) is 32.1 Å². The van der Waals surface area contributed by atoms with E-state index in [-0.39, 0.29) is 5.69 Å². The summed E-state index contributed by atoms with van der Waals surface area (Å²) in [5.74, 6) is 0. The Bertz CT molecular complexity index is 350. The minimum atomic E-state index is -4.30. The van der Waals surface area contributed by atoms with Gasteiger partial charge < -0.3 is 10.2 Å². The zero-order valence-electron chi connectivity index (χ0n) is 10.0. The van der Waals surface area contributed by atoms with Gasteiger partial charge >= 0.3 is 6.18 Å². The van der Waals surface area contributed by atoms with E-state index in [4.69, 9.17) is 0 Å². The molecule has 1 N–H and O–H groups in total. The van der Waals surface area contributed by atoms with Crippen molar-refractivity contribution in [1.82, 2.24) is 5.32 Å². The van der Waals surface area contributed by atoms with Crippen LogP contribution in [0.1, 0.15) is 12.0 Å². The highest BCUT2D eigenvalue weighted by molar-refractivity contribution is 5.54. The van der Waals surface area contributed by atoms with Crippen molar-refractivity contribution in [3.8, 4) is 0 Å². The number of hydrogen-bond donors (Lipinski definition) is 1. The predicted octanol–water partition coefficient (Wildman–Crippen LogP) is 2.75. The third-order valence-corrected chi connectivity index (χ3v) is 2.54. The Kier molecular flexibility index (Phi) is 4.81. The van der Waals surface area contributed by atoms with Gasteiger partial charge in [0, 0.05) is 19.3 Å². The van der Waals surface area contributed by atoms with Crippen molar-refractivity contribution in [2.45, 2.75) is 12.6 Å². The van der Waals surface area contributed by atoms with E-state index in [2.05, 4.69) is 5.32 Å². The van der Waals surface area contributed by atoms with Gasteiger partial charge in [-0.2, -0.15) is 13.2 Å². The molecule has 1 aromatic carbocycles. The topological polar surface area (TPSA) is 15.3 Å². The second-order valence-corrected chi connectivity index (χ2v) is 3.89. The second-order valence-electron chi connectivity index (χ2n) is 3.89.